The molecule has 0 unspecified atom stereocenters. The maximum atomic E-state index is 13.8. The van der Waals surface area contributed by atoms with Gasteiger partial charge < -0.3 is 4.90 Å². The highest BCUT2D eigenvalue weighted by Crippen LogP contribution is 2.28. The molecule has 0 N–H and O–H groups in total. The third-order valence-corrected chi connectivity index (χ3v) is 6.31. The Morgan fingerprint density at radius 3 is 2.29 bits per heavy atom. The lowest BCUT2D eigenvalue weighted by Gasteiger charge is -2.38. The van der Waals surface area contributed by atoms with Crippen LogP contribution in [0, 0.1) is 11.6 Å². The van der Waals surface area contributed by atoms with E-state index in [0.29, 0.717) is 0 Å². The van der Waals surface area contributed by atoms with Crippen molar-refractivity contribution < 1.29 is 22.0 Å². The van der Waals surface area contributed by atoms with Crippen LogP contribution < -0.4 is 0 Å². The molecule has 4 nitrogen and oxygen atoms in total. The van der Waals surface area contributed by atoms with Crippen molar-refractivity contribution in [2.45, 2.75) is 10.1 Å². The number of amides is 1. The molecule has 1 fully saturated rings. The van der Waals surface area contributed by atoms with E-state index < -0.39 is 32.6 Å². The van der Waals surface area contributed by atoms with Gasteiger partial charge in [-0.3, -0.25) is 4.79 Å². The molecule has 0 saturated carbocycles. The van der Waals surface area contributed by atoms with Crippen molar-refractivity contribution in [2.75, 3.05) is 13.1 Å². The summed E-state index contributed by atoms with van der Waals surface area (Å²) in [6.45, 7) is -0.133. The van der Waals surface area contributed by atoms with Crippen LogP contribution in [0.3, 0.4) is 0 Å². The van der Waals surface area contributed by atoms with Crippen LogP contribution in [0.1, 0.15) is 10.4 Å². The summed E-state index contributed by atoms with van der Waals surface area (Å²) < 4.78 is 51.5. The predicted octanol–water partition coefficient (Wildman–Crippen LogP) is 2.92. The van der Waals surface area contributed by atoms with Gasteiger partial charge in [-0.1, -0.05) is 17.7 Å². The number of carbonyl (C=O) groups excluding carboxylic acids is 1. The van der Waals surface area contributed by atoms with Crippen LogP contribution in [0.4, 0.5) is 8.78 Å². The van der Waals surface area contributed by atoms with Crippen molar-refractivity contribution in [1.82, 2.24) is 4.90 Å². The second kappa shape index (κ2) is 6.14. The zero-order valence-electron chi connectivity index (χ0n) is 12.2. The molecule has 0 aromatic heterocycles. The Labute approximate surface area is 142 Å². The minimum absolute atomic E-state index is 0.00933. The lowest BCUT2D eigenvalue weighted by Crippen LogP contribution is -2.57. The summed E-state index contributed by atoms with van der Waals surface area (Å²) in [7, 11) is -3.68. The van der Waals surface area contributed by atoms with Gasteiger partial charge in [-0.2, -0.15) is 0 Å². The average Bonchev–Trinajstić information content (AvgIpc) is 2.45. The van der Waals surface area contributed by atoms with Crippen molar-refractivity contribution in [3.05, 3.63) is 64.7 Å². The molecule has 0 aliphatic carbocycles. The molecule has 1 saturated heterocycles. The average molecular weight is 372 g/mol. The van der Waals surface area contributed by atoms with Crippen LogP contribution in [0.5, 0.6) is 0 Å². The van der Waals surface area contributed by atoms with Crippen LogP contribution in [0.15, 0.2) is 47.4 Å². The fourth-order valence-corrected chi connectivity index (χ4v) is 4.37. The van der Waals surface area contributed by atoms with Crippen LogP contribution in [0.2, 0.25) is 5.02 Å². The zero-order valence-corrected chi connectivity index (χ0v) is 13.8. The highest BCUT2D eigenvalue weighted by molar-refractivity contribution is 7.92. The number of benzene rings is 2. The van der Waals surface area contributed by atoms with Crippen molar-refractivity contribution in [3.8, 4) is 0 Å². The van der Waals surface area contributed by atoms with E-state index in [9.17, 15) is 22.0 Å². The first-order chi connectivity index (χ1) is 11.3. The molecule has 0 bridgehead atoms. The fourth-order valence-electron chi connectivity index (χ4n) is 2.48. The molecule has 0 spiro atoms. The molecule has 1 aliphatic heterocycles. The number of sulfone groups is 1. The van der Waals surface area contributed by atoms with E-state index in [1.165, 1.54) is 29.2 Å². The van der Waals surface area contributed by atoms with Crippen LogP contribution in [-0.4, -0.2) is 37.6 Å². The third kappa shape index (κ3) is 2.89. The minimum Gasteiger partial charge on any atom is -0.336 e. The maximum Gasteiger partial charge on any atom is 0.258 e. The quantitative estimate of drug-likeness (QED) is 0.779. The van der Waals surface area contributed by atoms with Gasteiger partial charge in [0, 0.05) is 13.1 Å². The van der Waals surface area contributed by atoms with Gasteiger partial charge in [0.25, 0.3) is 5.91 Å². The topological polar surface area (TPSA) is 54.5 Å². The summed E-state index contributed by atoms with van der Waals surface area (Å²) >= 11 is 5.85. The van der Waals surface area contributed by atoms with Gasteiger partial charge in [-0.15, -0.1) is 0 Å². The molecular weight excluding hydrogens is 360 g/mol. The van der Waals surface area contributed by atoms with Gasteiger partial charge in [-0.25, -0.2) is 17.2 Å². The zero-order chi connectivity index (χ0) is 17.5. The third-order valence-electron chi connectivity index (χ3n) is 3.89. The molecule has 1 heterocycles. The number of hydrogen-bond acceptors (Lipinski definition) is 3. The first-order valence-electron chi connectivity index (χ1n) is 7.03. The van der Waals surface area contributed by atoms with E-state index in [1.807, 2.05) is 0 Å². The summed E-state index contributed by atoms with van der Waals surface area (Å²) in [4.78, 5) is 13.5. The van der Waals surface area contributed by atoms with E-state index >= 15 is 0 Å². The lowest BCUT2D eigenvalue weighted by molar-refractivity contribution is 0.0654. The Morgan fingerprint density at radius 1 is 1.08 bits per heavy atom. The molecule has 0 atom stereocenters. The van der Waals surface area contributed by atoms with E-state index in [1.54, 1.807) is 0 Å². The molecule has 1 aliphatic rings. The van der Waals surface area contributed by atoms with Crippen molar-refractivity contribution in [3.63, 3.8) is 0 Å². The second-order valence-corrected chi connectivity index (χ2v) is 8.06. The Morgan fingerprint density at radius 2 is 1.71 bits per heavy atom. The standard InChI is InChI=1S/C16H12ClF2NO3S/c17-13-2-1-3-14(19)15(13)16(21)20-8-12(9-20)24(22,23)11-6-4-10(18)5-7-11/h1-7,12H,8-9H2. The number of likely N-dealkylation sites (tertiary alicyclic amines) is 1. The first-order valence-corrected chi connectivity index (χ1v) is 8.96. The van der Waals surface area contributed by atoms with Crippen LogP contribution in [-0.2, 0) is 9.84 Å². The first kappa shape index (κ1) is 16.9. The minimum atomic E-state index is -3.68. The van der Waals surface area contributed by atoms with E-state index in [0.717, 1.165) is 18.2 Å². The molecule has 2 aromatic rings. The van der Waals surface area contributed by atoms with Gasteiger partial charge in [0.1, 0.15) is 16.9 Å². The number of nitrogens with zero attached hydrogens (tertiary/aromatic N) is 1. The molecule has 1 amide bonds. The monoisotopic (exact) mass is 371 g/mol. The highest BCUT2D eigenvalue weighted by atomic mass is 35.5. The summed E-state index contributed by atoms with van der Waals surface area (Å²) in [6, 6.07) is 8.38. The Balaban J connectivity index is 1.75. The van der Waals surface area contributed by atoms with Gasteiger partial charge in [0.15, 0.2) is 9.84 Å². The van der Waals surface area contributed by atoms with Gasteiger partial charge >= 0.3 is 0 Å². The second-order valence-electron chi connectivity index (χ2n) is 5.43. The number of hydrogen-bond donors (Lipinski definition) is 0. The normalized spacial score (nSPS) is 15.2. The van der Waals surface area contributed by atoms with Crippen LogP contribution >= 0.6 is 11.6 Å². The highest BCUT2D eigenvalue weighted by Gasteiger charge is 2.41. The molecule has 126 valence electrons. The summed E-state index contributed by atoms with van der Waals surface area (Å²) in [5.74, 6) is -1.94. The summed E-state index contributed by atoms with van der Waals surface area (Å²) in [6.07, 6.45) is 0. The predicted molar refractivity (Wildman–Crippen MR) is 84.7 cm³/mol. The smallest absolute Gasteiger partial charge is 0.258 e. The van der Waals surface area contributed by atoms with Crippen molar-refractivity contribution in [2.24, 2.45) is 0 Å². The Kier molecular flexibility index (Phi) is 4.31. The number of carbonyl (C=O) groups is 1. The van der Waals surface area contributed by atoms with E-state index in [2.05, 4.69) is 0 Å². The molecule has 24 heavy (non-hydrogen) atoms. The van der Waals surface area contributed by atoms with Gasteiger partial charge in [-0.05, 0) is 36.4 Å². The number of rotatable bonds is 3. The maximum absolute atomic E-state index is 13.8. The van der Waals surface area contributed by atoms with E-state index in [4.69, 9.17) is 11.6 Å². The SMILES string of the molecule is O=C(c1c(F)cccc1Cl)N1CC(S(=O)(=O)c2ccc(F)cc2)C1. The van der Waals surface area contributed by atoms with Gasteiger partial charge in [0.05, 0.1) is 15.5 Å². The molecule has 3 rings (SSSR count). The molecule has 8 heteroatoms. The Hall–Kier alpha value is -1.99. The summed E-state index contributed by atoms with van der Waals surface area (Å²) in [5.41, 5.74) is -0.267. The lowest BCUT2D eigenvalue weighted by atomic mass is 10.1. The summed E-state index contributed by atoms with van der Waals surface area (Å²) in [5, 5.41) is -0.831. The van der Waals surface area contributed by atoms with Crippen molar-refractivity contribution in [1.29, 1.82) is 0 Å². The largest absolute Gasteiger partial charge is 0.336 e. The van der Waals surface area contributed by atoms with Crippen LogP contribution in [0.25, 0.3) is 0 Å². The Bertz CT molecular complexity index is 874. The van der Waals surface area contributed by atoms with Gasteiger partial charge in [0.2, 0.25) is 0 Å². The van der Waals surface area contributed by atoms with Crippen molar-refractivity contribution >= 4 is 27.3 Å². The number of halogens is 3. The molecule has 2 aromatic carbocycles. The fraction of sp³-hybridized carbons (Fsp3) is 0.188. The molecule has 0 radical (unpaired) electrons. The molecular formula is C16H12ClF2NO3S. The van der Waals surface area contributed by atoms with E-state index in [-0.39, 0.29) is 28.6 Å².